The Kier molecular flexibility index (Phi) is 5.01. The third kappa shape index (κ3) is 3.84. The highest BCUT2D eigenvalue weighted by atomic mass is 16.2. The number of rotatable bonds is 5. The molecular formula is C24H31N7O2. The molecule has 0 bridgehead atoms. The number of nitrogens with zero attached hydrogens (tertiary/aromatic N) is 4. The molecule has 2 aliphatic carbocycles. The topological polar surface area (TPSA) is 123 Å². The fraction of sp³-hybridized carbons (Fsp3) is 0.542. The number of anilines is 1. The van der Waals surface area contributed by atoms with E-state index in [0.717, 1.165) is 44.8 Å². The number of hydrogen-bond donors (Lipinski definition) is 3. The van der Waals surface area contributed by atoms with E-state index >= 15 is 0 Å². The third-order valence-electron chi connectivity index (χ3n) is 8.23. The molecule has 6 atom stereocenters. The van der Waals surface area contributed by atoms with Crippen LogP contribution in [0, 0.1) is 29.6 Å². The number of nitrogens with one attached hydrogen (secondary N) is 1. The number of aromatic nitrogens is 2. The van der Waals surface area contributed by atoms with Gasteiger partial charge in [-0.25, -0.2) is 9.59 Å². The second-order valence-corrected chi connectivity index (χ2v) is 10.1. The lowest BCUT2D eigenvalue weighted by Crippen LogP contribution is -2.40. The number of piperidine rings is 2. The molecule has 4 fully saturated rings. The van der Waals surface area contributed by atoms with Crippen LogP contribution >= 0.6 is 0 Å². The molecule has 2 aliphatic heterocycles. The Hall–Kier alpha value is -2.75. The summed E-state index contributed by atoms with van der Waals surface area (Å²) in [5.41, 5.74) is 13.4. The van der Waals surface area contributed by atoms with Gasteiger partial charge < -0.3 is 16.4 Å². The van der Waals surface area contributed by atoms with Crippen LogP contribution in [0.4, 0.5) is 10.6 Å². The summed E-state index contributed by atoms with van der Waals surface area (Å²) in [5, 5.41) is 2.78. The number of fused-ring (bicyclic) bond motifs is 2. The first-order valence-corrected chi connectivity index (χ1v) is 11.9. The smallest absolute Gasteiger partial charge is 0.330 e. The molecule has 2 saturated heterocycles. The highest BCUT2D eigenvalue weighted by Crippen LogP contribution is 2.50. The number of hydrogen-bond acceptors (Lipinski definition) is 6. The van der Waals surface area contributed by atoms with Gasteiger partial charge in [-0.1, -0.05) is 12.1 Å². The largest absolute Gasteiger partial charge is 0.354 e. The Labute approximate surface area is 192 Å². The molecule has 5 N–H and O–H groups in total. The fourth-order valence-corrected chi connectivity index (χ4v) is 6.07. The average molecular weight is 450 g/mol. The molecule has 2 aromatic rings. The lowest BCUT2D eigenvalue weighted by molar-refractivity contribution is 0.197. The lowest BCUT2D eigenvalue weighted by atomic mass is 10.1. The predicted octanol–water partition coefficient (Wildman–Crippen LogP) is 0.680. The van der Waals surface area contributed by atoms with Crippen LogP contribution in [0.25, 0.3) is 5.69 Å². The van der Waals surface area contributed by atoms with Crippen LogP contribution in [0.15, 0.2) is 41.3 Å². The summed E-state index contributed by atoms with van der Waals surface area (Å²) in [6.45, 7) is 5.21. The van der Waals surface area contributed by atoms with Crippen LogP contribution in [0.5, 0.6) is 0 Å². The molecule has 0 spiro atoms. The highest BCUT2D eigenvalue weighted by molar-refractivity contribution is 5.88. The van der Waals surface area contributed by atoms with Gasteiger partial charge in [0.15, 0.2) is 0 Å². The van der Waals surface area contributed by atoms with Crippen LogP contribution in [0.1, 0.15) is 12.0 Å². The van der Waals surface area contributed by atoms with Crippen molar-refractivity contribution in [2.45, 2.75) is 19.0 Å². The fourth-order valence-electron chi connectivity index (χ4n) is 6.07. The number of carbonyl (C=O) groups is 1. The van der Waals surface area contributed by atoms with Crippen LogP contribution in [-0.2, 0) is 6.54 Å². The first-order valence-electron chi connectivity index (χ1n) is 11.9. The quantitative estimate of drug-likeness (QED) is 0.617. The highest BCUT2D eigenvalue weighted by Gasteiger charge is 2.53. The molecule has 9 nitrogen and oxygen atoms in total. The van der Waals surface area contributed by atoms with Gasteiger partial charge in [-0.15, -0.1) is 0 Å². The normalized spacial score (nSPS) is 32.2. The molecule has 1 aromatic carbocycles. The van der Waals surface area contributed by atoms with E-state index in [1.54, 1.807) is 17.2 Å². The summed E-state index contributed by atoms with van der Waals surface area (Å²) in [4.78, 5) is 33.6. The maximum atomic E-state index is 12.6. The van der Waals surface area contributed by atoms with E-state index in [4.69, 9.17) is 11.5 Å². The van der Waals surface area contributed by atoms with Crippen molar-refractivity contribution >= 4 is 11.8 Å². The molecule has 2 amide bonds. The van der Waals surface area contributed by atoms with Crippen molar-refractivity contribution in [2.24, 2.45) is 41.1 Å². The summed E-state index contributed by atoms with van der Waals surface area (Å²) in [7, 11) is 0. The minimum atomic E-state index is -0.418. The first-order chi connectivity index (χ1) is 16.0. The number of urea groups is 1. The minimum absolute atomic E-state index is 0.203. The van der Waals surface area contributed by atoms with Gasteiger partial charge in [0.2, 0.25) is 0 Å². The first kappa shape index (κ1) is 20.8. The minimum Gasteiger partial charge on any atom is -0.330 e. The second kappa shape index (κ2) is 7.93. The van der Waals surface area contributed by atoms with Gasteiger partial charge in [0.25, 0.3) is 0 Å². The molecule has 4 unspecified atom stereocenters. The van der Waals surface area contributed by atoms with Gasteiger partial charge in [-0.2, -0.15) is 4.98 Å². The Bertz CT molecular complexity index is 1100. The Balaban J connectivity index is 1.07. The molecule has 1 aromatic heterocycles. The van der Waals surface area contributed by atoms with Gasteiger partial charge in [0, 0.05) is 45.0 Å². The Morgan fingerprint density at radius 3 is 2.52 bits per heavy atom. The molecule has 9 heteroatoms. The van der Waals surface area contributed by atoms with E-state index in [1.165, 1.54) is 10.1 Å². The summed E-state index contributed by atoms with van der Waals surface area (Å²) in [5.74, 6) is 3.37. The van der Waals surface area contributed by atoms with Crippen molar-refractivity contribution in [1.29, 1.82) is 0 Å². The van der Waals surface area contributed by atoms with Crippen LogP contribution in [0.3, 0.4) is 0 Å². The van der Waals surface area contributed by atoms with E-state index in [2.05, 4.69) is 27.3 Å². The second-order valence-electron chi connectivity index (χ2n) is 10.1. The zero-order chi connectivity index (χ0) is 22.7. The molecule has 4 aliphatic rings. The van der Waals surface area contributed by atoms with E-state index < -0.39 is 5.69 Å². The van der Waals surface area contributed by atoms with Gasteiger partial charge in [-0.05, 0) is 66.3 Å². The number of benzene rings is 1. The predicted molar refractivity (Wildman–Crippen MR) is 125 cm³/mol. The summed E-state index contributed by atoms with van der Waals surface area (Å²) in [6, 6.07) is 9.85. The SMILES string of the molecule is NCC1C2CCN(C(=O)Nc3ccn(-c4ccc(CN5C[C@@H]6C(N)[C@@H]6C5)cc4)c(=O)n3)CC12. The Morgan fingerprint density at radius 1 is 1.06 bits per heavy atom. The summed E-state index contributed by atoms with van der Waals surface area (Å²) in [6.07, 6.45) is 2.66. The maximum absolute atomic E-state index is 12.6. The van der Waals surface area contributed by atoms with E-state index in [9.17, 15) is 9.59 Å². The van der Waals surface area contributed by atoms with Gasteiger partial charge >= 0.3 is 11.7 Å². The van der Waals surface area contributed by atoms with Crippen LogP contribution < -0.4 is 22.5 Å². The van der Waals surface area contributed by atoms with Crippen LogP contribution in [0.2, 0.25) is 0 Å². The van der Waals surface area contributed by atoms with Crippen molar-refractivity contribution in [3.63, 3.8) is 0 Å². The standard InChI is InChI=1S/C24H31N7O2/c25-9-17-16-5-7-30(13-18(16)17)23(32)27-21-6-8-31(24(33)28-21)15-3-1-14(2-4-15)10-29-11-19-20(12-29)22(19)26/h1-4,6,8,16-20,22H,5,7,9-13,25-26H2,(H,27,28,32,33)/t16?,17?,18?,19-,20+,22?. The van der Waals surface area contributed by atoms with Crippen LogP contribution in [-0.4, -0.2) is 64.1 Å². The zero-order valence-electron chi connectivity index (χ0n) is 18.6. The van der Waals surface area contributed by atoms with E-state index in [1.807, 2.05) is 12.1 Å². The van der Waals surface area contributed by atoms with E-state index in [0.29, 0.717) is 42.2 Å². The zero-order valence-corrected chi connectivity index (χ0v) is 18.6. The van der Waals surface area contributed by atoms with E-state index in [-0.39, 0.29) is 11.8 Å². The monoisotopic (exact) mass is 449 g/mol. The molecule has 174 valence electrons. The maximum Gasteiger partial charge on any atom is 0.354 e. The Morgan fingerprint density at radius 2 is 1.82 bits per heavy atom. The number of nitrogens with two attached hydrogens (primary N) is 2. The molecule has 0 radical (unpaired) electrons. The molecular weight excluding hydrogens is 418 g/mol. The van der Waals surface area contributed by atoms with Crippen molar-refractivity contribution < 1.29 is 4.79 Å². The van der Waals surface area contributed by atoms with Gasteiger partial charge in [0.1, 0.15) is 5.82 Å². The van der Waals surface area contributed by atoms with Crippen molar-refractivity contribution in [1.82, 2.24) is 19.4 Å². The number of amides is 2. The van der Waals surface area contributed by atoms with Crippen molar-refractivity contribution in [3.05, 3.63) is 52.6 Å². The molecule has 3 heterocycles. The van der Waals surface area contributed by atoms with Gasteiger partial charge in [-0.3, -0.25) is 14.8 Å². The average Bonchev–Trinajstić information content (AvgIpc) is 3.61. The third-order valence-corrected chi connectivity index (χ3v) is 8.23. The van der Waals surface area contributed by atoms with Gasteiger partial charge in [0.05, 0.1) is 5.69 Å². The number of likely N-dealkylation sites (tertiary alicyclic amines) is 2. The van der Waals surface area contributed by atoms with Crippen molar-refractivity contribution in [2.75, 3.05) is 38.0 Å². The number of carbonyl (C=O) groups excluding carboxylic acids is 1. The summed E-state index contributed by atoms with van der Waals surface area (Å²) < 4.78 is 1.49. The van der Waals surface area contributed by atoms with Crippen molar-refractivity contribution in [3.8, 4) is 5.69 Å². The summed E-state index contributed by atoms with van der Waals surface area (Å²) >= 11 is 0. The molecule has 2 saturated carbocycles. The molecule has 33 heavy (non-hydrogen) atoms. The molecule has 6 rings (SSSR count). The lowest BCUT2D eigenvalue weighted by Gasteiger charge is -2.26.